The molecule has 0 aliphatic heterocycles. The van der Waals surface area contributed by atoms with Crippen LogP contribution in [0, 0.1) is 5.82 Å². The molecule has 0 amide bonds. The number of halogens is 1. The molecule has 0 saturated carbocycles. The Morgan fingerprint density at radius 1 is 1.10 bits per heavy atom. The summed E-state index contributed by atoms with van der Waals surface area (Å²) < 4.78 is 41.2. The standard InChI is InChI=1S/C21H25FN4O3S/c1-26(13-14-29-19-8-10-20(11-9-19)30(23,27)28)12-2-3-18-15-21(25-24-18)16-4-6-17(22)7-5-16/h4-11,15H,2-3,12-14H2,1H3,(H,24,25)(H2,23,27,28). The Morgan fingerprint density at radius 3 is 2.47 bits per heavy atom. The molecule has 1 heterocycles. The molecule has 0 fully saturated rings. The topological polar surface area (TPSA) is 101 Å². The molecule has 7 nitrogen and oxygen atoms in total. The number of rotatable bonds is 10. The molecule has 1 aromatic heterocycles. The molecule has 3 N–H and O–H groups in total. The second-order valence-corrected chi connectivity index (χ2v) is 8.62. The summed E-state index contributed by atoms with van der Waals surface area (Å²) in [6.07, 6.45) is 1.80. The van der Waals surface area contributed by atoms with Gasteiger partial charge in [0.1, 0.15) is 18.2 Å². The number of aromatic amines is 1. The molecular formula is C21H25FN4O3S. The summed E-state index contributed by atoms with van der Waals surface area (Å²) in [6, 6.07) is 14.3. The Bertz CT molecular complexity index is 1050. The summed E-state index contributed by atoms with van der Waals surface area (Å²) in [7, 11) is -1.67. The van der Waals surface area contributed by atoms with Crippen LogP contribution in [-0.4, -0.2) is 50.3 Å². The third kappa shape index (κ3) is 6.38. The Labute approximate surface area is 175 Å². The average Bonchev–Trinajstić information content (AvgIpc) is 3.17. The second kappa shape index (κ2) is 9.84. The minimum Gasteiger partial charge on any atom is -0.492 e. The number of H-pyrrole nitrogens is 1. The van der Waals surface area contributed by atoms with Crippen LogP contribution >= 0.6 is 0 Å². The van der Waals surface area contributed by atoms with Gasteiger partial charge in [-0.2, -0.15) is 5.10 Å². The first kappa shape index (κ1) is 21.9. The van der Waals surface area contributed by atoms with Crippen molar-refractivity contribution >= 4 is 10.0 Å². The number of hydrogen-bond acceptors (Lipinski definition) is 5. The zero-order valence-electron chi connectivity index (χ0n) is 16.7. The molecule has 3 aromatic rings. The number of aryl methyl sites for hydroxylation is 1. The van der Waals surface area contributed by atoms with Crippen LogP contribution in [0.5, 0.6) is 5.75 Å². The molecule has 3 rings (SSSR count). The van der Waals surface area contributed by atoms with E-state index in [1.54, 1.807) is 24.3 Å². The summed E-state index contributed by atoms with van der Waals surface area (Å²) in [5, 5.41) is 12.4. The zero-order valence-corrected chi connectivity index (χ0v) is 17.5. The van der Waals surface area contributed by atoms with Crippen molar-refractivity contribution < 1.29 is 17.5 Å². The monoisotopic (exact) mass is 432 g/mol. The van der Waals surface area contributed by atoms with Crippen LogP contribution in [0.3, 0.4) is 0 Å². The van der Waals surface area contributed by atoms with Crippen LogP contribution in [0.25, 0.3) is 11.3 Å². The predicted octanol–water partition coefficient (Wildman–Crippen LogP) is 2.81. The molecule has 0 atom stereocenters. The minimum absolute atomic E-state index is 0.0633. The van der Waals surface area contributed by atoms with Gasteiger partial charge in [0.25, 0.3) is 0 Å². The number of likely N-dealkylation sites (N-methyl/N-ethyl adjacent to an activating group) is 1. The van der Waals surface area contributed by atoms with Crippen LogP contribution < -0.4 is 9.88 Å². The van der Waals surface area contributed by atoms with Gasteiger partial charge in [-0.1, -0.05) is 0 Å². The van der Waals surface area contributed by atoms with Gasteiger partial charge in [-0.15, -0.1) is 0 Å². The first-order valence-corrected chi connectivity index (χ1v) is 11.1. The van der Waals surface area contributed by atoms with Gasteiger partial charge in [0.15, 0.2) is 0 Å². The zero-order chi connectivity index (χ0) is 21.6. The molecule has 0 saturated heterocycles. The normalized spacial score (nSPS) is 11.7. The smallest absolute Gasteiger partial charge is 0.238 e. The lowest BCUT2D eigenvalue weighted by molar-refractivity contribution is 0.236. The fraction of sp³-hybridized carbons (Fsp3) is 0.286. The van der Waals surface area contributed by atoms with E-state index in [0.717, 1.165) is 42.9 Å². The van der Waals surface area contributed by atoms with Gasteiger partial charge in [-0.25, -0.2) is 17.9 Å². The van der Waals surface area contributed by atoms with Gasteiger partial charge in [-0.05, 0) is 81.0 Å². The third-order valence-electron chi connectivity index (χ3n) is 4.65. The highest BCUT2D eigenvalue weighted by molar-refractivity contribution is 7.89. The Kier molecular flexibility index (Phi) is 7.20. The predicted molar refractivity (Wildman–Crippen MR) is 113 cm³/mol. The molecule has 2 aromatic carbocycles. The molecule has 30 heavy (non-hydrogen) atoms. The van der Waals surface area contributed by atoms with Crippen LogP contribution in [0.15, 0.2) is 59.5 Å². The van der Waals surface area contributed by atoms with Crippen LogP contribution in [-0.2, 0) is 16.4 Å². The fourth-order valence-corrected chi connectivity index (χ4v) is 3.47. The van der Waals surface area contributed by atoms with Crippen molar-refractivity contribution in [2.24, 2.45) is 5.14 Å². The first-order chi connectivity index (χ1) is 14.3. The largest absolute Gasteiger partial charge is 0.492 e. The molecule has 9 heteroatoms. The second-order valence-electron chi connectivity index (χ2n) is 7.06. The highest BCUT2D eigenvalue weighted by atomic mass is 32.2. The molecule has 0 spiro atoms. The maximum atomic E-state index is 13.0. The SMILES string of the molecule is CN(CCCc1cc(-c2ccc(F)cc2)n[nH]1)CCOc1ccc(S(N)(=O)=O)cc1. The molecule has 0 aliphatic carbocycles. The van der Waals surface area contributed by atoms with Crippen LogP contribution in [0.2, 0.25) is 0 Å². The number of aromatic nitrogens is 2. The van der Waals surface area contributed by atoms with E-state index in [0.29, 0.717) is 12.4 Å². The molecule has 0 unspecified atom stereocenters. The molecule has 0 radical (unpaired) electrons. The quantitative estimate of drug-likeness (QED) is 0.513. The van der Waals surface area contributed by atoms with Crippen molar-refractivity contribution in [2.75, 3.05) is 26.7 Å². The molecule has 160 valence electrons. The van der Waals surface area contributed by atoms with E-state index in [-0.39, 0.29) is 10.7 Å². The van der Waals surface area contributed by atoms with Crippen molar-refractivity contribution in [1.29, 1.82) is 0 Å². The lowest BCUT2D eigenvalue weighted by Gasteiger charge is -2.16. The molecule has 0 aliphatic rings. The van der Waals surface area contributed by atoms with Crippen LogP contribution in [0.1, 0.15) is 12.1 Å². The summed E-state index contributed by atoms with van der Waals surface area (Å²) >= 11 is 0. The number of nitrogens with zero attached hydrogens (tertiary/aromatic N) is 2. The van der Waals surface area contributed by atoms with Crippen molar-refractivity contribution in [3.63, 3.8) is 0 Å². The van der Waals surface area contributed by atoms with Gasteiger partial charge in [0.2, 0.25) is 10.0 Å². The fourth-order valence-electron chi connectivity index (χ4n) is 2.95. The number of nitrogens with one attached hydrogen (secondary N) is 1. The van der Waals surface area contributed by atoms with Crippen molar-refractivity contribution in [3.8, 4) is 17.0 Å². The summed E-state index contributed by atoms with van der Waals surface area (Å²) in [5.74, 6) is 0.337. The molecular weight excluding hydrogens is 407 g/mol. The van der Waals surface area contributed by atoms with E-state index in [4.69, 9.17) is 9.88 Å². The van der Waals surface area contributed by atoms with E-state index >= 15 is 0 Å². The highest BCUT2D eigenvalue weighted by Crippen LogP contribution is 2.18. The van der Waals surface area contributed by atoms with Crippen LogP contribution in [0.4, 0.5) is 4.39 Å². The van der Waals surface area contributed by atoms with Crippen molar-refractivity contribution in [2.45, 2.75) is 17.7 Å². The summed E-state index contributed by atoms with van der Waals surface area (Å²) in [6.45, 7) is 2.11. The lowest BCUT2D eigenvalue weighted by atomic mass is 10.1. The number of sulfonamides is 1. The van der Waals surface area contributed by atoms with Crippen molar-refractivity contribution in [3.05, 3.63) is 66.1 Å². The highest BCUT2D eigenvalue weighted by Gasteiger charge is 2.08. The minimum atomic E-state index is -3.69. The number of benzene rings is 2. The summed E-state index contributed by atoms with van der Waals surface area (Å²) in [5.41, 5.74) is 2.72. The molecule has 0 bridgehead atoms. The summed E-state index contributed by atoms with van der Waals surface area (Å²) in [4.78, 5) is 2.23. The number of ether oxygens (including phenoxy) is 1. The maximum Gasteiger partial charge on any atom is 0.238 e. The van der Waals surface area contributed by atoms with E-state index < -0.39 is 10.0 Å². The van der Waals surface area contributed by atoms with E-state index in [1.807, 2.05) is 13.1 Å². The Hall–Kier alpha value is -2.75. The van der Waals surface area contributed by atoms with Gasteiger partial charge in [-0.3, -0.25) is 5.10 Å². The number of primary sulfonamides is 1. The van der Waals surface area contributed by atoms with Gasteiger partial charge < -0.3 is 9.64 Å². The third-order valence-corrected chi connectivity index (χ3v) is 5.58. The van der Waals surface area contributed by atoms with Gasteiger partial charge in [0, 0.05) is 17.8 Å². The Morgan fingerprint density at radius 2 is 1.80 bits per heavy atom. The number of hydrogen-bond donors (Lipinski definition) is 2. The first-order valence-electron chi connectivity index (χ1n) is 9.56. The lowest BCUT2D eigenvalue weighted by Crippen LogP contribution is -2.25. The van der Waals surface area contributed by atoms with E-state index in [2.05, 4.69) is 15.1 Å². The number of nitrogens with two attached hydrogens (primary N) is 1. The van der Waals surface area contributed by atoms with E-state index in [9.17, 15) is 12.8 Å². The maximum absolute atomic E-state index is 13.0. The van der Waals surface area contributed by atoms with E-state index in [1.165, 1.54) is 24.3 Å². The Balaban J connectivity index is 1.37. The van der Waals surface area contributed by atoms with Crippen molar-refractivity contribution in [1.82, 2.24) is 15.1 Å². The van der Waals surface area contributed by atoms with Gasteiger partial charge in [0.05, 0.1) is 10.6 Å². The van der Waals surface area contributed by atoms with Gasteiger partial charge >= 0.3 is 0 Å². The average molecular weight is 433 g/mol.